The van der Waals surface area contributed by atoms with Gasteiger partial charge in [0.1, 0.15) is 0 Å². The van der Waals surface area contributed by atoms with Crippen molar-refractivity contribution in [2.75, 3.05) is 12.3 Å². The lowest BCUT2D eigenvalue weighted by molar-refractivity contribution is 0.0520. The van der Waals surface area contributed by atoms with Crippen molar-refractivity contribution in [1.82, 2.24) is 4.98 Å². The fourth-order valence-corrected chi connectivity index (χ4v) is 1.43. The van der Waals surface area contributed by atoms with Gasteiger partial charge in [-0.2, -0.15) is 0 Å². The van der Waals surface area contributed by atoms with E-state index in [1.54, 1.807) is 31.2 Å². The second kappa shape index (κ2) is 4.69. The number of nitrogens with two attached hydrogens (primary N) is 1. The first-order valence-corrected chi connectivity index (χ1v) is 5.19. The number of hydrogen-bond acceptors (Lipinski definition) is 5. The molecule has 0 fully saturated rings. The first-order chi connectivity index (χ1) is 8.22. The van der Waals surface area contributed by atoms with Crippen molar-refractivity contribution in [1.29, 1.82) is 0 Å². The van der Waals surface area contributed by atoms with Crippen LogP contribution in [0.1, 0.15) is 17.4 Å². The van der Waals surface area contributed by atoms with Crippen LogP contribution in [0, 0.1) is 0 Å². The molecule has 0 radical (unpaired) electrons. The molecule has 17 heavy (non-hydrogen) atoms. The summed E-state index contributed by atoms with van der Waals surface area (Å²) in [6.07, 6.45) is 1.22. The number of oxazole rings is 1. The Bertz CT molecular complexity index is 517. The molecule has 0 saturated carbocycles. The molecular formula is C12H12N2O3. The minimum atomic E-state index is -0.493. The number of nitrogens with zero attached hydrogens (tertiary/aromatic N) is 1. The van der Waals surface area contributed by atoms with E-state index in [1.807, 2.05) is 0 Å². The molecule has 2 N–H and O–H groups in total. The standard InChI is InChI=1S/C12H12N2O3/c1-2-16-12(15)10-11(17-7-14-10)8-3-5-9(13)6-4-8/h3-7H,2,13H2,1H3. The normalized spacial score (nSPS) is 10.2. The Hall–Kier alpha value is -2.30. The first kappa shape index (κ1) is 11.2. The van der Waals surface area contributed by atoms with E-state index in [-0.39, 0.29) is 5.69 Å². The van der Waals surface area contributed by atoms with Crippen molar-refractivity contribution in [3.05, 3.63) is 36.4 Å². The summed E-state index contributed by atoms with van der Waals surface area (Å²) >= 11 is 0. The van der Waals surface area contributed by atoms with E-state index in [0.717, 1.165) is 5.56 Å². The van der Waals surface area contributed by atoms with E-state index < -0.39 is 5.97 Å². The maximum absolute atomic E-state index is 11.6. The van der Waals surface area contributed by atoms with Gasteiger partial charge in [0.15, 0.2) is 17.8 Å². The fraction of sp³-hybridized carbons (Fsp3) is 0.167. The Labute approximate surface area is 98.2 Å². The van der Waals surface area contributed by atoms with Gasteiger partial charge in [-0.05, 0) is 31.2 Å². The Morgan fingerprint density at radius 2 is 2.12 bits per heavy atom. The maximum Gasteiger partial charge on any atom is 0.360 e. The zero-order valence-electron chi connectivity index (χ0n) is 9.34. The van der Waals surface area contributed by atoms with Crippen LogP contribution in [0.25, 0.3) is 11.3 Å². The van der Waals surface area contributed by atoms with Gasteiger partial charge < -0.3 is 14.9 Å². The van der Waals surface area contributed by atoms with Crippen molar-refractivity contribution in [2.24, 2.45) is 0 Å². The number of benzene rings is 1. The predicted molar refractivity (Wildman–Crippen MR) is 62.3 cm³/mol. The van der Waals surface area contributed by atoms with Gasteiger partial charge in [-0.15, -0.1) is 0 Å². The summed E-state index contributed by atoms with van der Waals surface area (Å²) < 4.78 is 10.1. The van der Waals surface area contributed by atoms with Crippen LogP contribution in [0.5, 0.6) is 0 Å². The average Bonchev–Trinajstić information content (AvgIpc) is 2.79. The molecule has 0 aliphatic rings. The third kappa shape index (κ3) is 2.28. The third-order valence-electron chi connectivity index (χ3n) is 2.21. The lowest BCUT2D eigenvalue weighted by Gasteiger charge is -2.01. The molecule has 0 atom stereocenters. The molecule has 5 heteroatoms. The smallest absolute Gasteiger partial charge is 0.360 e. The molecule has 1 heterocycles. The predicted octanol–water partition coefficient (Wildman–Crippen LogP) is 2.10. The number of carbonyl (C=O) groups is 1. The van der Waals surface area contributed by atoms with Crippen LogP contribution >= 0.6 is 0 Å². The number of esters is 1. The first-order valence-electron chi connectivity index (χ1n) is 5.19. The maximum atomic E-state index is 11.6. The average molecular weight is 232 g/mol. The van der Waals surface area contributed by atoms with Crippen LogP contribution in [0.4, 0.5) is 5.69 Å². The summed E-state index contributed by atoms with van der Waals surface area (Å²) in [6.45, 7) is 2.04. The molecule has 5 nitrogen and oxygen atoms in total. The molecule has 88 valence electrons. The van der Waals surface area contributed by atoms with E-state index in [9.17, 15) is 4.79 Å². The molecule has 0 aliphatic carbocycles. The van der Waals surface area contributed by atoms with Crippen LogP contribution < -0.4 is 5.73 Å². The van der Waals surface area contributed by atoms with E-state index in [0.29, 0.717) is 18.1 Å². The van der Waals surface area contributed by atoms with Crippen molar-refractivity contribution >= 4 is 11.7 Å². The van der Waals surface area contributed by atoms with Gasteiger partial charge in [0.2, 0.25) is 0 Å². The molecule has 0 spiro atoms. The molecule has 2 rings (SSSR count). The molecule has 0 unspecified atom stereocenters. The molecule has 0 amide bonds. The fourth-order valence-electron chi connectivity index (χ4n) is 1.43. The number of aromatic nitrogens is 1. The quantitative estimate of drug-likeness (QED) is 0.647. The summed E-state index contributed by atoms with van der Waals surface area (Å²) in [7, 11) is 0. The van der Waals surface area contributed by atoms with Crippen LogP contribution in [0.2, 0.25) is 0 Å². The Morgan fingerprint density at radius 1 is 1.41 bits per heavy atom. The lowest BCUT2D eigenvalue weighted by atomic mass is 10.1. The zero-order valence-corrected chi connectivity index (χ0v) is 9.34. The van der Waals surface area contributed by atoms with Gasteiger partial charge in [0.05, 0.1) is 6.61 Å². The second-order valence-corrected chi connectivity index (χ2v) is 3.37. The Balaban J connectivity index is 2.36. The van der Waals surface area contributed by atoms with Crippen molar-refractivity contribution in [3.63, 3.8) is 0 Å². The summed E-state index contributed by atoms with van der Waals surface area (Å²) in [5.74, 6) is -0.100. The minimum absolute atomic E-state index is 0.177. The molecule has 1 aromatic carbocycles. The van der Waals surface area contributed by atoms with Gasteiger partial charge in [-0.3, -0.25) is 0 Å². The highest BCUT2D eigenvalue weighted by Gasteiger charge is 2.18. The highest BCUT2D eigenvalue weighted by Crippen LogP contribution is 2.24. The van der Waals surface area contributed by atoms with Crippen molar-refractivity contribution in [3.8, 4) is 11.3 Å². The number of carbonyl (C=O) groups excluding carboxylic acids is 1. The molecule has 0 saturated heterocycles. The van der Waals surface area contributed by atoms with E-state index in [2.05, 4.69) is 4.98 Å². The monoisotopic (exact) mass is 232 g/mol. The summed E-state index contributed by atoms with van der Waals surface area (Å²) in [4.78, 5) is 15.5. The molecule has 0 aliphatic heterocycles. The molecular weight excluding hydrogens is 220 g/mol. The Kier molecular flexibility index (Phi) is 3.09. The van der Waals surface area contributed by atoms with Crippen LogP contribution in [-0.4, -0.2) is 17.6 Å². The van der Waals surface area contributed by atoms with Crippen molar-refractivity contribution in [2.45, 2.75) is 6.92 Å². The summed E-state index contributed by atoms with van der Waals surface area (Å²) in [6, 6.07) is 6.98. The largest absolute Gasteiger partial charge is 0.461 e. The van der Waals surface area contributed by atoms with Gasteiger partial charge >= 0.3 is 5.97 Å². The number of hydrogen-bond donors (Lipinski definition) is 1. The van der Waals surface area contributed by atoms with Crippen LogP contribution in [0.15, 0.2) is 35.1 Å². The topological polar surface area (TPSA) is 78.3 Å². The number of ether oxygens (including phenoxy) is 1. The highest BCUT2D eigenvalue weighted by molar-refractivity contribution is 5.93. The van der Waals surface area contributed by atoms with Gasteiger partial charge in [0, 0.05) is 11.3 Å². The van der Waals surface area contributed by atoms with E-state index in [4.69, 9.17) is 14.9 Å². The lowest BCUT2D eigenvalue weighted by Crippen LogP contribution is -2.06. The zero-order chi connectivity index (χ0) is 12.3. The van der Waals surface area contributed by atoms with Gasteiger partial charge in [-0.25, -0.2) is 9.78 Å². The number of anilines is 1. The SMILES string of the molecule is CCOC(=O)c1ncoc1-c1ccc(N)cc1. The third-order valence-corrected chi connectivity index (χ3v) is 2.21. The highest BCUT2D eigenvalue weighted by atomic mass is 16.5. The minimum Gasteiger partial charge on any atom is -0.461 e. The second-order valence-electron chi connectivity index (χ2n) is 3.37. The van der Waals surface area contributed by atoms with Crippen LogP contribution in [0.3, 0.4) is 0 Å². The summed E-state index contributed by atoms with van der Waals surface area (Å²) in [5.41, 5.74) is 7.15. The van der Waals surface area contributed by atoms with E-state index >= 15 is 0 Å². The number of nitrogen functional groups attached to an aromatic ring is 1. The summed E-state index contributed by atoms with van der Waals surface area (Å²) in [5, 5.41) is 0. The van der Waals surface area contributed by atoms with Crippen molar-refractivity contribution < 1.29 is 13.9 Å². The van der Waals surface area contributed by atoms with E-state index in [1.165, 1.54) is 6.39 Å². The molecule has 0 bridgehead atoms. The van der Waals surface area contributed by atoms with Gasteiger partial charge in [0.25, 0.3) is 0 Å². The molecule has 2 aromatic rings. The molecule has 1 aromatic heterocycles. The number of rotatable bonds is 3. The van der Waals surface area contributed by atoms with Gasteiger partial charge in [-0.1, -0.05) is 0 Å². The van der Waals surface area contributed by atoms with Crippen LogP contribution in [-0.2, 0) is 4.74 Å². The Morgan fingerprint density at radius 3 is 2.76 bits per heavy atom.